The van der Waals surface area contributed by atoms with Gasteiger partial charge in [0.15, 0.2) is 0 Å². The molecule has 7 nitrogen and oxygen atoms in total. The quantitative estimate of drug-likeness (QED) is 0.532. The van der Waals surface area contributed by atoms with Crippen LogP contribution in [0.15, 0.2) is 64.4 Å². The molecule has 0 saturated carbocycles. The molecule has 154 valence electrons. The van der Waals surface area contributed by atoms with Crippen LogP contribution in [0.25, 0.3) is 11.3 Å². The van der Waals surface area contributed by atoms with Crippen LogP contribution >= 0.6 is 11.6 Å². The van der Waals surface area contributed by atoms with Gasteiger partial charge >= 0.3 is 0 Å². The number of alkyl halides is 1. The molecule has 1 N–H and O–H groups in total. The van der Waals surface area contributed by atoms with E-state index in [0.717, 1.165) is 12.0 Å². The van der Waals surface area contributed by atoms with E-state index < -0.39 is 15.6 Å². The lowest BCUT2D eigenvalue weighted by Crippen LogP contribution is -2.33. The molecule has 0 amide bonds. The SMILES string of the molecule is CON1C=C(NS(=O)(=O)c2cccnc2-c2ccc(CC(C)C)cc2)C=NC1Cl. The van der Waals surface area contributed by atoms with Crippen molar-refractivity contribution in [3.05, 3.63) is 60.1 Å². The van der Waals surface area contributed by atoms with Gasteiger partial charge in [0, 0.05) is 11.8 Å². The summed E-state index contributed by atoms with van der Waals surface area (Å²) in [6, 6.07) is 10.9. The molecule has 3 rings (SSSR count). The Bertz CT molecular complexity index is 1020. The van der Waals surface area contributed by atoms with E-state index in [2.05, 4.69) is 28.5 Å². The number of rotatable bonds is 7. The van der Waals surface area contributed by atoms with Crippen LogP contribution in [0.2, 0.25) is 0 Å². The standard InChI is InChI=1S/C20H23ClN4O3S/c1-14(2)11-15-6-8-16(9-7-15)19-18(5-4-10-22-19)29(26,27)24-17-12-23-20(21)25(13-17)28-3/h4-10,12-14,20,24H,11H2,1-3H3. The first kappa shape index (κ1) is 21.3. The number of nitrogens with zero attached hydrogens (tertiary/aromatic N) is 3. The lowest BCUT2D eigenvalue weighted by Gasteiger charge is -2.24. The Hall–Kier alpha value is -2.42. The Labute approximate surface area is 176 Å². The van der Waals surface area contributed by atoms with Gasteiger partial charge in [-0.1, -0.05) is 49.7 Å². The van der Waals surface area contributed by atoms with Crippen molar-refractivity contribution < 1.29 is 13.3 Å². The molecule has 1 aliphatic rings. The second-order valence-electron chi connectivity index (χ2n) is 6.97. The van der Waals surface area contributed by atoms with Gasteiger partial charge in [-0.2, -0.15) is 0 Å². The molecular formula is C20H23ClN4O3S. The Morgan fingerprint density at radius 1 is 1.24 bits per heavy atom. The van der Waals surface area contributed by atoms with Gasteiger partial charge in [0.2, 0.25) is 5.62 Å². The van der Waals surface area contributed by atoms with E-state index in [9.17, 15) is 8.42 Å². The van der Waals surface area contributed by atoms with E-state index in [-0.39, 0.29) is 10.6 Å². The van der Waals surface area contributed by atoms with Crippen LogP contribution in [0, 0.1) is 5.92 Å². The maximum atomic E-state index is 13.0. The van der Waals surface area contributed by atoms with Gasteiger partial charge in [-0.05, 0) is 30.0 Å². The average molecular weight is 435 g/mol. The Kier molecular flexibility index (Phi) is 6.56. The monoisotopic (exact) mass is 434 g/mol. The van der Waals surface area contributed by atoms with Crippen molar-refractivity contribution in [1.82, 2.24) is 14.8 Å². The van der Waals surface area contributed by atoms with E-state index in [4.69, 9.17) is 16.4 Å². The van der Waals surface area contributed by atoms with Gasteiger partial charge in [0.05, 0.1) is 30.9 Å². The van der Waals surface area contributed by atoms with Crippen LogP contribution in [0.1, 0.15) is 19.4 Å². The first-order valence-corrected chi connectivity index (χ1v) is 11.0. The Balaban J connectivity index is 1.91. The first-order chi connectivity index (χ1) is 13.8. The molecule has 9 heteroatoms. The van der Waals surface area contributed by atoms with Crippen molar-refractivity contribution in [2.45, 2.75) is 30.8 Å². The van der Waals surface area contributed by atoms with Crippen molar-refractivity contribution in [1.29, 1.82) is 0 Å². The molecule has 0 saturated heterocycles. The van der Waals surface area contributed by atoms with Crippen molar-refractivity contribution >= 4 is 27.8 Å². The predicted molar refractivity (Wildman–Crippen MR) is 114 cm³/mol. The maximum Gasteiger partial charge on any atom is 0.264 e. The molecule has 2 heterocycles. The minimum absolute atomic E-state index is 0.0721. The fourth-order valence-electron chi connectivity index (χ4n) is 2.94. The highest BCUT2D eigenvalue weighted by Gasteiger charge is 2.23. The molecule has 1 atom stereocenters. The number of allylic oxidation sites excluding steroid dienone is 1. The molecule has 0 radical (unpaired) electrons. The summed E-state index contributed by atoms with van der Waals surface area (Å²) in [7, 11) is -2.50. The van der Waals surface area contributed by atoms with E-state index in [1.54, 1.807) is 12.3 Å². The Morgan fingerprint density at radius 3 is 2.62 bits per heavy atom. The van der Waals surface area contributed by atoms with Gasteiger partial charge in [-0.15, -0.1) is 0 Å². The molecule has 29 heavy (non-hydrogen) atoms. The largest absolute Gasteiger partial charge is 0.276 e. The van der Waals surface area contributed by atoms with Gasteiger partial charge in [0.25, 0.3) is 10.0 Å². The molecule has 2 aromatic rings. The van der Waals surface area contributed by atoms with Crippen LogP contribution in [0.4, 0.5) is 0 Å². The topological polar surface area (TPSA) is 83.9 Å². The second-order valence-corrected chi connectivity index (χ2v) is 9.01. The summed E-state index contributed by atoms with van der Waals surface area (Å²) >= 11 is 5.96. The van der Waals surface area contributed by atoms with E-state index in [0.29, 0.717) is 11.6 Å². The molecule has 1 aliphatic heterocycles. The first-order valence-electron chi connectivity index (χ1n) is 9.09. The number of hydrogen-bond donors (Lipinski definition) is 1. The molecule has 1 aromatic carbocycles. The van der Waals surface area contributed by atoms with Gasteiger partial charge in [0.1, 0.15) is 4.90 Å². The van der Waals surface area contributed by atoms with Crippen LogP contribution in [0.3, 0.4) is 0 Å². The van der Waals surface area contributed by atoms with Crippen LogP contribution < -0.4 is 4.72 Å². The van der Waals surface area contributed by atoms with Crippen LogP contribution in [-0.2, 0) is 21.3 Å². The fourth-order valence-corrected chi connectivity index (χ4v) is 4.34. The minimum atomic E-state index is -3.91. The highest BCUT2D eigenvalue weighted by atomic mass is 35.5. The summed E-state index contributed by atoms with van der Waals surface area (Å²) in [4.78, 5) is 13.4. The predicted octanol–water partition coefficient (Wildman–Crippen LogP) is 3.54. The third-order valence-electron chi connectivity index (χ3n) is 4.21. The highest BCUT2D eigenvalue weighted by Crippen LogP contribution is 2.26. The number of hydroxylamine groups is 2. The third kappa shape index (κ3) is 5.14. The van der Waals surface area contributed by atoms with Crippen molar-refractivity contribution in [2.75, 3.05) is 7.11 Å². The zero-order valence-corrected chi connectivity index (χ0v) is 18.0. The second kappa shape index (κ2) is 8.94. The van der Waals surface area contributed by atoms with Crippen LogP contribution in [0.5, 0.6) is 0 Å². The number of halogens is 1. The number of aromatic nitrogens is 1. The summed E-state index contributed by atoms with van der Waals surface area (Å²) in [5.41, 5.74) is 1.77. The summed E-state index contributed by atoms with van der Waals surface area (Å²) < 4.78 is 28.6. The lowest BCUT2D eigenvalue weighted by atomic mass is 10.0. The number of sulfonamides is 1. The minimum Gasteiger partial charge on any atom is -0.276 e. The molecular weight excluding hydrogens is 412 g/mol. The highest BCUT2D eigenvalue weighted by molar-refractivity contribution is 7.89. The fraction of sp³-hybridized carbons (Fsp3) is 0.300. The summed E-state index contributed by atoms with van der Waals surface area (Å²) in [6.07, 6.45) is 5.31. The third-order valence-corrected chi connectivity index (χ3v) is 5.93. The number of aliphatic imine (C=N–C) groups is 1. The number of pyridine rings is 1. The normalized spacial score (nSPS) is 16.8. The number of nitrogens with one attached hydrogen (secondary N) is 1. The zero-order chi connectivity index (χ0) is 21.0. The Morgan fingerprint density at radius 2 is 1.97 bits per heavy atom. The van der Waals surface area contributed by atoms with E-state index in [1.165, 1.54) is 36.2 Å². The van der Waals surface area contributed by atoms with E-state index in [1.807, 2.05) is 24.3 Å². The van der Waals surface area contributed by atoms with Crippen molar-refractivity contribution in [2.24, 2.45) is 10.9 Å². The molecule has 1 unspecified atom stereocenters. The molecule has 0 aliphatic carbocycles. The summed E-state index contributed by atoms with van der Waals surface area (Å²) in [5, 5.41) is 1.23. The zero-order valence-electron chi connectivity index (χ0n) is 16.4. The smallest absolute Gasteiger partial charge is 0.264 e. The summed E-state index contributed by atoms with van der Waals surface area (Å²) in [6.45, 7) is 4.31. The summed E-state index contributed by atoms with van der Waals surface area (Å²) in [5.74, 6) is 0.542. The molecule has 0 fully saturated rings. The molecule has 0 spiro atoms. The molecule has 1 aromatic heterocycles. The van der Waals surface area contributed by atoms with Gasteiger partial charge in [-0.3, -0.25) is 14.5 Å². The van der Waals surface area contributed by atoms with Crippen molar-refractivity contribution in [3.8, 4) is 11.3 Å². The van der Waals surface area contributed by atoms with Crippen LogP contribution in [-0.4, -0.2) is 37.4 Å². The number of benzene rings is 1. The average Bonchev–Trinajstić information content (AvgIpc) is 2.69. The van der Waals surface area contributed by atoms with Gasteiger partial charge in [-0.25, -0.2) is 18.5 Å². The van der Waals surface area contributed by atoms with Gasteiger partial charge < -0.3 is 0 Å². The lowest BCUT2D eigenvalue weighted by molar-refractivity contribution is -0.0985. The van der Waals surface area contributed by atoms with E-state index >= 15 is 0 Å². The number of hydrogen-bond acceptors (Lipinski definition) is 6. The maximum absolute atomic E-state index is 13.0. The van der Waals surface area contributed by atoms with Crippen molar-refractivity contribution in [3.63, 3.8) is 0 Å². The molecule has 0 bridgehead atoms.